The molecule has 0 aromatic heterocycles. The van der Waals surface area contributed by atoms with E-state index in [1.165, 1.54) is 0 Å². The zero-order chi connectivity index (χ0) is 6.48. The highest BCUT2D eigenvalue weighted by molar-refractivity contribution is 4.99. The Morgan fingerprint density at radius 3 is 2.44 bits per heavy atom. The van der Waals surface area contributed by atoms with Crippen LogP contribution in [-0.2, 0) is 0 Å². The van der Waals surface area contributed by atoms with Gasteiger partial charge in [-0.05, 0) is 6.42 Å². The van der Waals surface area contributed by atoms with Crippen LogP contribution in [0.2, 0.25) is 0 Å². The summed E-state index contributed by atoms with van der Waals surface area (Å²) >= 11 is 0. The number of hydrogen-bond donors (Lipinski definition) is 1. The van der Waals surface area contributed by atoms with E-state index in [0.717, 1.165) is 0 Å². The third kappa shape index (κ3) is 0.674. The molecule has 1 nitrogen and oxygen atoms in total. The maximum Gasteiger partial charge on any atom is 0.253 e. The smallest absolute Gasteiger partial charge is 0.253 e. The van der Waals surface area contributed by atoms with Crippen LogP contribution in [-0.4, -0.2) is 18.5 Å². The summed E-state index contributed by atoms with van der Waals surface area (Å²) in [6.45, 7) is 0.525. The number of alkyl halides is 2. The summed E-state index contributed by atoms with van der Waals surface area (Å²) in [6.07, 6.45) is 0.755. The van der Waals surface area contributed by atoms with Crippen LogP contribution in [0.15, 0.2) is 0 Å². The van der Waals surface area contributed by atoms with Crippen molar-refractivity contribution in [3.63, 3.8) is 0 Å². The van der Waals surface area contributed by atoms with E-state index in [1.54, 1.807) is 0 Å². The number of rotatable bonds is 0. The van der Waals surface area contributed by atoms with Gasteiger partial charge in [0.25, 0.3) is 5.92 Å². The van der Waals surface area contributed by atoms with E-state index in [1.807, 2.05) is 0 Å². The highest BCUT2D eigenvalue weighted by atomic mass is 19.3. The Morgan fingerprint density at radius 1 is 1.44 bits per heavy atom. The highest BCUT2D eigenvalue weighted by Gasteiger charge is 2.52. The van der Waals surface area contributed by atoms with Gasteiger partial charge in [-0.25, -0.2) is 8.78 Å². The molecule has 9 heavy (non-hydrogen) atoms. The molecule has 1 aliphatic carbocycles. The molecule has 1 saturated heterocycles. The summed E-state index contributed by atoms with van der Waals surface area (Å²) < 4.78 is 25.2. The summed E-state index contributed by atoms with van der Waals surface area (Å²) in [5.74, 6) is -2.71. The van der Waals surface area contributed by atoms with Crippen molar-refractivity contribution in [1.82, 2.24) is 5.32 Å². The fourth-order valence-electron chi connectivity index (χ4n) is 1.79. The van der Waals surface area contributed by atoms with Crippen LogP contribution in [0.1, 0.15) is 12.8 Å². The second kappa shape index (κ2) is 1.45. The lowest BCUT2D eigenvalue weighted by Gasteiger charge is -2.21. The standard InChI is InChI=1S/C6H9F2N/c7-6(8)2-5-1-4(6)3-9-5/h4-5,9H,1-3H2/t4-,5-/m0/s1. The zero-order valence-electron chi connectivity index (χ0n) is 5.03. The summed E-state index contributed by atoms with van der Waals surface area (Å²) in [7, 11) is 0. The molecule has 3 heteroatoms. The Hall–Kier alpha value is -0.180. The van der Waals surface area contributed by atoms with Gasteiger partial charge in [0.05, 0.1) is 0 Å². The first kappa shape index (κ1) is 5.59. The van der Waals surface area contributed by atoms with Crippen molar-refractivity contribution in [2.75, 3.05) is 6.54 Å². The molecule has 1 saturated carbocycles. The van der Waals surface area contributed by atoms with Gasteiger partial charge in [-0.2, -0.15) is 0 Å². The van der Waals surface area contributed by atoms with Crippen molar-refractivity contribution in [1.29, 1.82) is 0 Å². The van der Waals surface area contributed by atoms with Crippen molar-refractivity contribution in [3.8, 4) is 0 Å². The summed E-state index contributed by atoms with van der Waals surface area (Å²) in [5.41, 5.74) is 0. The van der Waals surface area contributed by atoms with E-state index >= 15 is 0 Å². The molecule has 1 heterocycles. The van der Waals surface area contributed by atoms with Crippen molar-refractivity contribution >= 4 is 0 Å². The Balaban J connectivity index is 2.18. The van der Waals surface area contributed by atoms with Gasteiger partial charge in [-0.3, -0.25) is 0 Å². The van der Waals surface area contributed by atoms with E-state index in [9.17, 15) is 8.78 Å². The normalized spacial score (nSPS) is 46.0. The molecular weight excluding hydrogens is 124 g/mol. The minimum Gasteiger partial charge on any atom is -0.313 e. The average Bonchev–Trinajstić information content (AvgIpc) is 2.19. The lowest BCUT2D eigenvalue weighted by Crippen LogP contribution is -2.36. The second-order valence-electron chi connectivity index (χ2n) is 3.00. The van der Waals surface area contributed by atoms with Crippen molar-refractivity contribution < 1.29 is 8.78 Å². The molecular formula is C6H9F2N. The van der Waals surface area contributed by atoms with Gasteiger partial charge in [0.1, 0.15) is 0 Å². The van der Waals surface area contributed by atoms with Crippen LogP contribution in [0.25, 0.3) is 0 Å². The van der Waals surface area contributed by atoms with Crippen LogP contribution in [0, 0.1) is 5.92 Å². The van der Waals surface area contributed by atoms with Crippen LogP contribution < -0.4 is 5.32 Å². The molecule has 2 rings (SSSR count). The third-order valence-electron chi connectivity index (χ3n) is 2.34. The number of halogens is 2. The quantitative estimate of drug-likeness (QED) is 0.520. The predicted molar refractivity (Wildman–Crippen MR) is 29.5 cm³/mol. The molecule has 0 radical (unpaired) electrons. The Labute approximate surface area is 52.4 Å². The van der Waals surface area contributed by atoms with Gasteiger partial charge in [0.15, 0.2) is 0 Å². The fourth-order valence-corrected chi connectivity index (χ4v) is 1.79. The molecule has 0 spiro atoms. The molecule has 0 amide bonds. The number of fused-ring (bicyclic) bond motifs is 2. The first-order valence-electron chi connectivity index (χ1n) is 3.30. The SMILES string of the molecule is FC1(F)C[C@@H]2C[C@H]1CN2. The number of nitrogens with one attached hydrogen (secondary N) is 1. The Kier molecular flexibility index (Phi) is 0.903. The van der Waals surface area contributed by atoms with Crippen LogP contribution in [0.3, 0.4) is 0 Å². The molecule has 2 aliphatic rings. The minimum absolute atomic E-state index is 0.0671. The molecule has 52 valence electrons. The largest absolute Gasteiger partial charge is 0.313 e. The number of piperidine rings is 1. The summed E-state index contributed by atoms with van der Waals surface area (Å²) in [5, 5.41) is 3.03. The first-order valence-corrected chi connectivity index (χ1v) is 3.30. The highest BCUT2D eigenvalue weighted by Crippen LogP contribution is 2.43. The molecule has 0 aromatic rings. The maximum atomic E-state index is 12.6. The molecule has 1 aliphatic heterocycles. The summed E-state index contributed by atoms with van der Waals surface area (Å²) in [6, 6.07) is 0.116. The van der Waals surface area contributed by atoms with E-state index in [-0.39, 0.29) is 18.4 Å². The van der Waals surface area contributed by atoms with E-state index in [4.69, 9.17) is 0 Å². The van der Waals surface area contributed by atoms with Crippen LogP contribution >= 0.6 is 0 Å². The molecule has 2 atom stereocenters. The molecule has 2 bridgehead atoms. The van der Waals surface area contributed by atoms with E-state index in [2.05, 4.69) is 5.32 Å². The average molecular weight is 133 g/mol. The predicted octanol–water partition coefficient (Wildman–Crippen LogP) is 1.00. The molecule has 0 aromatic carbocycles. The minimum atomic E-state index is -2.35. The number of hydrogen-bond acceptors (Lipinski definition) is 1. The van der Waals surface area contributed by atoms with E-state index < -0.39 is 5.92 Å². The molecule has 2 fully saturated rings. The topological polar surface area (TPSA) is 12.0 Å². The fraction of sp³-hybridized carbons (Fsp3) is 1.00. The van der Waals surface area contributed by atoms with Crippen LogP contribution in [0.5, 0.6) is 0 Å². The maximum absolute atomic E-state index is 12.6. The molecule has 0 unspecified atom stereocenters. The lowest BCUT2D eigenvalue weighted by atomic mass is 10.1. The lowest BCUT2D eigenvalue weighted by molar-refractivity contribution is -0.0451. The monoisotopic (exact) mass is 133 g/mol. The van der Waals surface area contributed by atoms with Crippen molar-refractivity contribution in [3.05, 3.63) is 0 Å². The molecule has 1 N–H and O–H groups in total. The first-order chi connectivity index (χ1) is 4.18. The van der Waals surface area contributed by atoms with Crippen molar-refractivity contribution in [2.24, 2.45) is 5.92 Å². The van der Waals surface area contributed by atoms with Gasteiger partial charge in [-0.15, -0.1) is 0 Å². The van der Waals surface area contributed by atoms with Gasteiger partial charge in [0.2, 0.25) is 0 Å². The van der Waals surface area contributed by atoms with Crippen molar-refractivity contribution in [2.45, 2.75) is 24.8 Å². The second-order valence-corrected chi connectivity index (χ2v) is 3.00. The van der Waals surface area contributed by atoms with Gasteiger partial charge < -0.3 is 5.32 Å². The zero-order valence-corrected chi connectivity index (χ0v) is 5.03. The van der Waals surface area contributed by atoms with Gasteiger partial charge in [0, 0.05) is 24.9 Å². The van der Waals surface area contributed by atoms with Gasteiger partial charge >= 0.3 is 0 Å². The van der Waals surface area contributed by atoms with Gasteiger partial charge in [-0.1, -0.05) is 0 Å². The third-order valence-corrected chi connectivity index (χ3v) is 2.34. The van der Waals surface area contributed by atoms with E-state index in [0.29, 0.717) is 13.0 Å². The Morgan fingerprint density at radius 2 is 2.22 bits per heavy atom. The van der Waals surface area contributed by atoms with Crippen LogP contribution in [0.4, 0.5) is 8.78 Å². The summed E-state index contributed by atoms with van der Waals surface area (Å²) in [4.78, 5) is 0. The Bertz CT molecular complexity index is 135.